The molecule has 0 radical (unpaired) electrons. The first-order valence-corrected chi connectivity index (χ1v) is 9.75. The number of ether oxygens (including phenoxy) is 2. The summed E-state index contributed by atoms with van der Waals surface area (Å²) < 4.78 is 19.2. The van der Waals surface area contributed by atoms with Crippen LogP contribution in [-0.4, -0.2) is 68.5 Å². The number of carbonyl (C=O) groups is 2. The Bertz CT molecular complexity index is 1030. The SMILES string of the molecule is NC(=O)c1nn(-c2ccccc2)nc1NC(=O)COc1nsnc1N1CCOCC1. The van der Waals surface area contributed by atoms with Crippen molar-refractivity contribution < 1.29 is 19.1 Å². The van der Waals surface area contributed by atoms with Crippen molar-refractivity contribution >= 4 is 35.2 Å². The highest BCUT2D eigenvalue weighted by Crippen LogP contribution is 2.26. The van der Waals surface area contributed by atoms with Gasteiger partial charge in [-0.1, -0.05) is 18.2 Å². The largest absolute Gasteiger partial charge is 0.464 e. The van der Waals surface area contributed by atoms with Crippen molar-refractivity contribution in [2.75, 3.05) is 43.1 Å². The lowest BCUT2D eigenvalue weighted by Gasteiger charge is -2.26. The number of morpholine rings is 1. The van der Waals surface area contributed by atoms with E-state index in [4.69, 9.17) is 15.2 Å². The van der Waals surface area contributed by atoms with Gasteiger partial charge in [0.15, 0.2) is 18.1 Å². The summed E-state index contributed by atoms with van der Waals surface area (Å²) >= 11 is 0.997. The minimum absolute atomic E-state index is 0.0511. The first-order valence-electron chi connectivity index (χ1n) is 9.02. The van der Waals surface area contributed by atoms with Crippen LogP contribution in [0.5, 0.6) is 5.88 Å². The van der Waals surface area contributed by atoms with Crippen LogP contribution in [-0.2, 0) is 9.53 Å². The second-order valence-corrected chi connectivity index (χ2v) is 6.74. The maximum absolute atomic E-state index is 12.4. The molecule has 3 N–H and O–H groups in total. The van der Waals surface area contributed by atoms with Crippen LogP contribution in [0.2, 0.25) is 0 Å². The summed E-state index contributed by atoms with van der Waals surface area (Å²) in [5.74, 6) is -0.570. The molecule has 1 saturated heterocycles. The molecule has 3 heterocycles. The molecule has 1 aromatic carbocycles. The van der Waals surface area contributed by atoms with Crippen LogP contribution in [0.1, 0.15) is 10.5 Å². The van der Waals surface area contributed by atoms with E-state index in [1.54, 1.807) is 24.3 Å². The number of aromatic nitrogens is 5. The number of rotatable bonds is 7. The zero-order valence-electron chi connectivity index (χ0n) is 15.7. The van der Waals surface area contributed by atoms with Crippen LogP contribution in [0.4, 0.5) is 11.6 Å². The van der Waals surface area contributed by atoms with Crippen molar-refractivity contribution in [3.8, 4) is 11.6 Å². The molecule has 1 aliphatic rings. The van der Waals surface area contributed by atoms with Gasteiger partial charge in [0.2, 0.25) is 5.82 Å². The van der Waals surface area contributed by atoms with Crippen molar-refractivity contribution in [1.29, 1.82) is 0 Å². The van der Waals surface area contributed by atoms with Crippen LogP contribution in [0.3, 0.4) is 0 Å². The number of carbonyl (C=O) groups excluding carboxylic acids is 2. The average molecular weight is 430 g/mol. The summed E-state index contributed by atoms with van der Waals surface area (Å²) in [6.07, 6.45) is 0. The topological polar surface area (TPSA) is 150 Å². The average Bonchev–Trinajstić information content (AvgIpc) is 3.41. The molecule has 0 saturated carbocycles. The number of hydrogen-bond donors (Lipinski definition) is 2. The highest BCUT2D eigenvalue weighted by molar-refractivity contribution is 6.99. The molecule has 0 spiro atoms. The second kappa shape index (κ2) is 8.84. The Morgan fingerprint density at radius 1 is 1.17 bits per heavy atom. The molecule has 0 aliphatic carbocycles. The van der Waals surface area contributed by atoms with Gasteiger partial charge in [-0.05, 0) is 12.1 Å². The molecule has 12 nitrogen and oxygen atoms in total. The fourth-order valence-electron chi connectivity index (χ4n) is 2.77. The van der Waals surface area contributed by atoms with Gasteiger partial charge in [-0.25, -0.2) is 0 Å². The molecule has 4 rings (SSSR count). The van der Waals surface area contributed by atoms with E-state index in [1.165, 1.54) is 4.80 Å². The minimum atomic E-state index is -0.813. The van der Waals surface area contributed by atoms with Gasteiger partial charge in [-0.2, -0.15) is 4.37 Å². The molecule has 0 bridgehead atoms. The Morgan fingerprint density at radius 3 is 2.67 bits per heavy atom. The number of benzene rings is 1. The first kappa shape index (κ1) is 19.7. The number of nitrogens with two attached hydrogens (primary N) is 1. The van der Waals surface area contributed by atoms with E-state index in [1.807, 2.05) is 11.0 Å². The van der Waals surface area contributed by atoms with Crippen molar-refractivity contribution in [2.24, 2.45) is 5.73 Å². The Labute approximate surface area is 174 Å². The summed E-state index contributed by atoms with van der Waals surface area (Å²) in [6.45, 7) is 2.16. The molecular weight excluding hydrogens is 412 g/mol. The lowest BCUT2D eigenvalue weighted by molar-refractivity contribution is -0.118. The van der Waals surface area contributed by atoms with E-state index in [-0.39, 0.29) is 24.0 Å². The summed E-state index contributed by atoms with van der Waals surface area (Å²) in [5, 5.41) is 10.7. The lowest BCUT2D eigenvalue weighted by atomic mass is 10.3. The van der Waals surface area contributed by atoms with Gasteiger partial charge in [0.05, 0.1) is 30.6 Å². The molecule has 1 aliphatic heterocycles. The van der Waals surface area contributed by atoms with Crippen LogP contribution < -0.4 is 20.7 Å². The van der Waals surface area contributed by atoms with Gasteiger partial charge < -0.3 is 25.4 Å². The fourth-order valence-corrected chi connectivity index (χ4v) is 3.29. The fraction of sp³-hybridized carbons (Fsp3) is 0.294. The maximum Gasteiger partial charge on any atom is 0.273 e. The van der Waals surface area contributed by atoms with Crippen molar-refractivity contribution in [3.63, 3.8) is 0 Å². The number of nitrogens with zero attached hydrogens (tertiary/aromatic N) is 6. The van der Waals surface area contributed by atoms with E-state index >= 15 is 0 Å². The van der Waals surface area contributed by atoms with E-state index in [9.17, 15) is 9.59 Å². The van der Waals surface area contributed by atoms with E-state index in [0.717, 1.165) is 11.7 Å². The Hall–Kier alpha value is -3.58. The molecular formula is C17H18N8O4S. The van der Waals surface area contributed by atoms with E-state index < -0.39 is 11.8 Å². The molecule has 1 fully saturated rings. The Balaban J connectivity index is 1.43. The summed E-state index contributed by atoms with van der Waals surface area (Å²) in [6, 6.07) is 8.93. The normalized spacial score (nSPS) is 13.8. The summed E-state index contributed by atoms with van der Waals surface area (Å²) in [4.78, 5) is 27.3. The summed E-state index contributed by atoms with van der Waals surface area (Å²) in [7, 11) is 0. The minimum Gasteiger partial charge on any atom is -0.464 e. The van der Waals surface area contributed by atoms with Crippen LogP contribution in [0.15, 0.2) is 30.3 Å². The number of hydrogen-bond acceptors (Lipinski definition) is 10. The zero-order chi connectivity index (χ0) is 20.9. The van der Waals surface area contributed by atoms with Gasteiger partial charge in [0, 0.05) is 13.1 Å². The van der Waals surface area contributed by atoms with Gasteiger partial charge in [0.25, 0.3) is 17.7 Å². The smallest absolute Gasteiger partial charge is 0.273 e. The third-order valence-corrected chi connectivity index (χ3v) is 4.69. The third-order valence-electron chi connectivity index (χ3n) is 4.19. The maximum atomic E-state index is 12.4. The monoisotopic (exact) mass is 430 g/mol. The first-order chi connectivity index (χ1) is 14.6. The zero-order valence-corrected chi connectivity index (χ0v) is 16.5. The van der Waals surface area contributed by atoms with Gasteiger partial charge in [0.1, 0.15) is 0 Å². The Morgan fingerprint density at radius 2 is 1.93 bits per heavy atom. The molecule has 0 unspecified atom stereocenters. The van der Waals surface area contributed by atoms with Gasteiger partial charge in [-0.3, -0.25) is 9.59 Å². The van der Waals surface area contributed by atoms with Crippen molar-refractivity contribution in [1.82, 2.24) is 23.7 Å². The predicted octanol–water partition coefficient (Wildman–Crippen LogP) is 0.0718. The number of primary amides is 1. The van der Waals surface area contributed by atoms with Gasteiger partial charge >= 0.3 is 0 Å². The molecule has 2 aromatic heterocycles. The molecule has 3 aromatic rings. The number of amides is 2. The molecule has 0 atom stereocenters. The standard InChI is InChI=1S/C17H18N8O4S/c18-14(27)13-15(21-25(20-13)11-4-2-1-3-5-11)19-12(26)10-29-17-16(22-30-23-17)24-6-8-28-9-7-24/h1-5H,6-10H2,(H2,18,27)(H,19,21,26). The highest BCUT2D eigenvalue weighted by Gasteiger charge is 2.22. The van der Waals surface area contributed by atoms with Gasteiger partial charge in [-0.15, -0.1) is 19.4 Å². The van der Waals surface area contributed by atoms with Crippen molar-refractivity contribution in [3.05, 3.63) is 36.0 Å². The molecule has 13 heteroatoms. The molecule has 2 amide bonds. The quantitative estimate of drug-likeness (QED) is 0.531. The van der Waals surface area contributed by atoms with Crippen LogP contribution >= 0.6 is 11.7 Å². The van der Waals surface area contributed by atoms with Crippen LogP contribution in [0, 0.1) is 0 Å². The Kier molecular flexibility index (Phi) is 5.81. The van der Waals surface area contributed by atoms with Crippen LogP contribution in [0.25, 0.3) is 5.69 Å². The predicted molar refractivity (Wildman–Crippen MR) is 107 cm³/mol. The highest BCUT2D eigenvalue weighted by atomic mass is 32.1. The van der Waals surface area contributed by atoms with E-state index in [0.29, 0.717) is 37.8 Å². The number of anilines is 2. The third kappa shape index (κ3) is 4.36. The van der Waals surface area contributed by atoms with Crippen molar-refractivity contribution in [2.45, 2.75) is 0 Å². The number of para-hydroxylation sites is 1. The lowest BCUT2D eigenvalue weighted by Crippen LogP contribution is -2.36. The summed E-state index contributed by atoms with van der Waals surface area (Å²) in [5.41, 5.74) is 5.82. The molecule has 156 valence electrons. The molecule has 30 heavy (non-hydrogen) atoms. The second-order valence-electron chi connectivity index (χ2n) is 6.22. The van der Waals surface area contributed by atoms with E-state index in [2.05, 4.69) is 24.3 Å². The number of nitrogens with one attached hydrogen (secondary N) is 1.